The number of carbonyl (C=O) groups excluding carboxylic acids is 2. The molecule has 0 bridgehead atoms. The third-order valence-corrected chi connectivity index (χ3v) is 3.52. The lowest BCUT2D eigenvalue weighted by Gasteiger charge is -2.01. The molecule has 2 heterocycles. The molecule has 10 nitrogen and oxygen atoms in total. The van der Waals surface area contributed by atoms with E-state index in [1.165, 1.54) is 37.5 Å². The molecule has 1 aliphatic rings. The van der Waals surface area contributed by atoms with E-state index in [1.54, 1.807) is 0 Å². The molecule has 0 amide bonds. The van der Waals surface area contributed by atoms with Gasteiger partial charge < -0.3 is 23.4 Å². The highest BCUT2D eigenvalue weighted by molar-refractivity contribution is 5.88. The second-order valence-corrected chi connectivity index (χ2v) is 5.22. The molecule has 0 radical (unpaired) electrons. The monoisotopic (exact) mass is 375 g/mol. The first kappa shape index (κ1) is 18.0. The van der Waals surface area contributed by atoms with Crippen molar-refractivity contribution in [2.24, 2.45) is 0 Å². The van der Waals surface area contributed by atoms with Crippen LogP contribution in [-0.4, -0.2) is 30.8 Å². The molecule has 10 heteroatoms. The van der Waals surface area contributed by atoms with Crippen molar-refractivity contribution in [3.8, 4) is 11.5 Å². The number of esters is 2. The quantitative estimate of drug-likeness (QED) is 0.324. The molecule has 0 atom stereocenters. The minimum absolute atomic E-state index is 0.0184. The Balaban J connectivity index is 1.66. The fraction of sp³-hybridized carbons (Fsp3) is 0.176. The Kier molecular flexibility index (Phi) is 5.06. The molecule has 140 valence electrons. The van der Waals surface area contributed by atoms with Gasteiger partial charge in [0, 0.05) is 6.08 Å². The SMILES string of the molecule is COC(=O)c1ccc(COC(=O)/C=C/c2cc3c(cc2[N+](=O)[O-])OCO3)o1. The molecule has 27 heavy (non-hydrogen) atoms. The van der Waals surface area contributed by atoms with E-state index in [1.807, 2.05) is 0 Å². The zero-order chi connectivity index (χ0) is 19.4. The summed E-state index contributed by atoms with van der Waals surface area (Å²) in [6.07, 6.45) is 2.28. The average Bonchev–Trinajstić information content (AvgIpc) is 3.31. The van der Waals surface area contributed by atoms with Gasteiger partial charge >= 0.3 is 11.9 Å². The summed E-state index contributed by atoms with van der Waals surface area (Å²) < 4.78 is 24.9. The number of benzene rings is 1. The number of hydrogen-bond donors (Lipinski definition) is 0. The maximum atomic E-state index is 11.8. The van der Waals surface area contributed by atoms with Gasteiger partial charge in [-0.1, -0.05) is 0 Å². The van der Waals surface area contributed by atoms with Crippen LogP contribution in [0.4, 0.5) is 5.69 Å². The second-order valence-electron chi connectivity index (χ2n) is 5.22. The summed E-state index contributed by atoms with van der Waals surface area (Å²) >= 11 is 0. The molecular formula is C17H13NO9. The number of ether oxygens (including phenoxy) is 4. The Hall–Kier alpha value is -3.82. The van der Waals surface area contributed by atoms with Crippen LogP contribution in [0.2, 0.25) is 0 Å². The molecule has 0 unspecified atom stereocenters. The predicted molar refractivity (Wildman–Crippen MR) is 88.1 cm³/mol. The van der Waals surface area contributed by atoms with Crippen molar-refractivity contribution in [1.82, 2.24) is 0 Å². The van der Waals surface area contributed by atoms with Gasteiger partial charge in [-0.15, -0.1) is 0 Å². The van der Waals surface area contributed by atoms with Gasteiger partial charge in [0.05, 0.1) is 23.7 Å². The number of methoxy groups -OCH3 is 1. The van der Waals surface area contributed by atoms with Crippen molar-refractivity contribution in [2.75, 3.05) is 13.9 Å². The van der Waals surface area contributed by atoms with E-state index < -0.39 is 16.9 Å². The number of nitro benzene ring substituents is 1. The Labute approximate surface area is 152 Å². The van der Waals surface area contributed by atoms with Crippen molar-refractivity contribution in [1.29, 1.82) is 0 Å². The lowest BCUT2D eigenvalue weighted by molar-refractivity contribution is -0.385. The lowest BCUT2D eigenvalue weighted by atomic mass is 10.1. The highest BCUT2D eigenvalue weighted by atomic mass is 16.7. The van der Waals surface area contributed by atoms with Crippen LogP contribution in [0.15, 0.2) is 34.8 Å². The number of carbonyl (C=O) groups is 2. The topological polar surface area (TPSA) is 127 Å². The van der Waals surface area contributed by atoms with E-state index >= 15 is 0 Å². The van der Waals surface area contributed by atoms with Gasteiger partial charge in [-0.3, -0.25) is 10.1 Å². The van der Waals surface area contributed by atoms with Crippen molar-refractivity contribution in [3.05, 3.63) is 57.5 Å². The number of rotatable bonds is 6. The normalized spacial score (nSPS) is 12.2. The van der Waals surface area contributed by atoms with E-state index in [-0.39, 0.29) is 41.9 Å². The average molecular weight is 375 g/mol. The highest BCUT2D eigenvalue weighted by Gasteiger charge is 2.22. The first-order valence-electron chi connectivity index (χ1n) is 7.58. The zero-order valence-electron chi connectivity index (χ0n) is 14.0. The van der Waals surface area contributed by atoms with Gasteiger partial charge in [0.15, 0.2) is 11.5 Å². The van der Waals surface area contributed by atoms with Crippen molar-refractivity contribution in [3.63, 3.8) is 0 Å². The maximum absolute atomic E-state index is 11.8. The predicted octanol–water partition coefficient (Wildman–Crippen LogP) is 2.46. The Bertz CT molecular complexity index is 928. The van der Waals surface area contributed by atoms with Crippen molar-refractivity contribution < 1.29 is 37.9 Å². The fourth-order valence-corrected chi connectivity index (χ4v) is 2.25. The minimum Gasteiger partial charge on any atom is -0.463 e. The van der Waals surface area contributed by atoms with Crippen LogP contribution in [0, 0.1) is 10.1 Å². The molecule has 0 saturated carbocycles. The maximum Gasteiger partial charge on any atom is 0.373 e. The summed E-state index contributed by atoms with van der Waals surface area (Å²) in [4.78, 5) is 33.7. The third-order valence-electron chi connectivity index (χ3n) is 3.52. The molecule has 0 aliphatic carbocycles. The minimum atomic E-state index is -0.752. The van der Waals surface area contributed by atoms with Gasteiger partial charge in [-0.2, -0.15) is 0 Å². The first-order valence-corrected chi connectivity index (χ1v) is 7.58. The van der Waals surface area contributed by atoms with Gasteiger partial charge in [0.25, 0.3) is 5.69 Å². The number of fused-ring (bicyclic) bond motifs is 1. The summed E-state index contributed by atoms with van der Waals surface area (Å²) in [6, 6.07) is 5.48. The van der Waals surface area contributed by atoms with Gasteiger partial charge in [0.2, 0.25) is 12.6 Å². The van der Waals surface area contributed by atoms with Crippen LogP contribution in [0.5, 0.6) is 11.5 Å². The molecule has 1 aromatic carbocycles. The fourth-order valence-electron chi connectivity index (χ4n) is 2.25. The number of nitro groups is 1. The molecule has 1 aliphatic heterocycles. The summed E-state index contributed by atoms with van der Waals surface area (Å²) in [7, 11) is 1.21. The van der Waals surface area contributed by atoms with Crippen molar-refractivity contribution >= 4 is 23.7 Å². The molecule has 1 aromatic heterocycles. The third kappa shape index (κ3) is 4.06. The smallest absolute Gasteiger partial charge is 0.373 e. The van der Waals surface area contributed by atoms with Crippen LogP contribution >= 0.6 is 0 Å². The van der Waals surface area contributed by atoms with Crippen LogP contribution < -0.4 is 9.47 Å². The van der Waals surface area contributed by atoms with Gasteiger partial charge in [0.1, 0.15) is 12.4 Å². The van der Waals surface area contributed by atoms with Gasteiger partial charge in [-0.25, -0.2) is 9.59 Å². The van der Waals surface area contributed by atoms with E-state index in [4.69, 9.17) is 18.6 Å². The van der Waals surface area contributed by atoms with Crippen LogP contribution in [0.1, 0.15) is 21.9 Å². The molecule has 0 saturated heterocycles. The highest BCUT2D eigenvalue weighted by Crippen LogP contribution is 2.38. The second kappa shape index (κ2) is 7.60. The zero-order valence-corrected chi connectivity index (χ0v) is 14.0. The molecule has 2 aromatic rings. The summed E-state index contributed by atoms with van der Waals surface area (Å²) in [5, 5.41) is 11.2. The Morgan fingerprint density at radius 3 is 2.70 bits per heavy atom. The standard InChI is InChI=1S/C17H13NO9/c1-23-17(20)13-4-3-11(27-13)8-24-16(19)5-2-10-6-14-15(26-9-25-14)7-12(10)18(21)22/h2-7H,8-9H2,1H3/b5-2+. The van der Waals surface area contributed by atoms with Crippen LogP contribution in [-0.2, 0) is 20.9 Å². The van der Waals surface area contributed by atoms with Crippen molar-refractivity contribution in [2.45, 2.75) is 6.61 Å². The molecule has 0 fully saturated rings. The summed E-state index contributed by atoms with van der Waals surface area (Å²) in [5.74, 6) is -0.568. The Morgan fingerprint density at radius 1 is 1.26 bits per heavy atom. The molecule has 0 N–H and O–H groups in total. The summed E-state index contributed by atoms with van der Waals surface area (Å²) in [6.45, 7) is -0.248. The van der Waals surface area contributed by atoms with Crippen LogP contribution in [0.3, 0.4) is 0 Å². The number of nitrogens with zero attached hydrogens (tertiary/aromatic N) is 1. The number of hydrogen-bond acceptors (Lipinski definition) is 9. The lowest BCUT2D eigenvalue weighted by Crippen LogP contribution is -2.01. The largest absolute Gasteiger partial charge is 0.463 e. The van der Waals surface area contributed by atoms with Crippen LogP contribution in [0.25, 0.3) is 6.08 Å². The molecular weight excluding hydrogens is 362 g/mol. The van der Waals surface area contributed by atoms with Gasteiger partial charge in [-0.05, 0) is 24.3 Å². The molecule has 0 spiro atoms. The molecule has 3 rings (SSSR count). The van der Waals surface area contributed by atoms with E-state index in [9.17, 15) is 19.7 Å². The Morgan fingerprint density at radius 2 is 2.00 bits per heavy atom. The van der Waals surface area contributed by atoms with E-state index in [0.29, 0.717) is 5.75 Å². The van der Waals surface area contributed by atoms with E-state index in [2.05, 4.69) is 4.74 Å². The first-order chi connectivity index (χ1) is 13.0. The summed E-state index contributed by atoms with van der Waals surface area (Å²) in [5.41, 5.74) is -0.0794. The number of furan rings is 1. The van der Waals surface area contributed by atoms with E-state index in [0.717, 1.165) is 6.08 Å².